The lowest BCUT2D eigenvalue weighted by Gasteiger charge is -2.21. The van der Waals surface area contributed by atoms with Crippen LogP contribution in [0.2, 0.25) is 0 Å². The highest BCUT2D eigenvalue weighted by Crippen LogP contribution is 2.45. The van der Waals surface area contributed by atoms with Gasteiger partial charge >= 0.3 is 39.5 Å². The van der Waals surface area contributed by atoms with Gasteiger partial charge in [-0.25, -0.2) is 9.13 Å². The van der Waals surface area contributed by atoms with Crippen molar-refractivity contribution in [2.45, 2.75) is 387 Å². The van der Waals surface area contributed by atoms with Crippen molar-refractivity contribution in [3.63, 3.8) is 0 Å². The van der Waals surface area contributed by atoms with Gasteiger partial charge in [0, 0.05) is 25.7 Å². The standard InChI is InChI=1S/C71H138O17P2/c1-6-9-12-15-18-20-22-24-25-26-27-28-29-30-31-32-34-36-41-46-51-56-70(75)87-67(61-82-69(74)55-50-45-40-35-33-23-21-19-16-13-10-7-2)63-86-90(79,80)84-59-65(72)58-83-89(77,78)85-62-66(60-81-68(73)54-49-44-38-17-14-11-8-3)88-71(76)57-52-47-42-37-39-43-48-53-64(4)5/h64-67,72H,6-63H2,1-5H3,(H,77,78)(H,79,80)/t65-,66+,67+/m0/s1. The summed E-state index contributed by atoms with van der Waals surface area (Å²) >= 11 is 0. The number of hydrogen-bond donors (Lipinski definition) is 3. The van der Waals surface area contributed by atoms with Crippen molar-refractivity contribution >= 4 is 39.5 Å². The summed E-state index contributed by atoms with van der Waals surface area (Å²) in [5, 5.41) is 10.6. The van der Waals surface area contributed by atoms with Crippen molar-refractivity contribution in [3.8, 4) is 0 Å². The van der Waals surface area contributed by atoms with Gasteiger partial charge in [0.15, 0.2) is 12.2 Å². The van der Waals surface area contributed by atoms with E-state index in [1.807, 2.05) is 0 Å². The molecule has 0 spiro atoms. The predicted octanol–water partition coefficient (Wildman–Crippen LogP) is 20.5. The third kappa shape index (κ3) is 64.8. The van der Waals surface area contributed by atoms with Gasteiger partial charge in [-0.2, -0.15) is 0 Å². The summed E-state index contributed by atoms with van der Waals surface area (Å²) in [6, 6.07) is 0. The Morgan fingerprint density at radius 2 is 0.511 bits per heavy atom. The van der Waals surface area contributed by atoms with E-state index in [9.17, 15) is 43.2 Å². The van der Waals surface area contributed by atoms with Crippen LogP contribution in [-0.4, -0.2) is 96.7 Å². The summed E-state index contributed by atoms with van der Waals surface area (Å²) < 4.78 is 68.1. The zero-order chi connectivity index (χ0) is 66.3. The van der Waals surface area contributed by atoms with Crippen molar-refractivity contribution in [3.05, 3.63) is 0 Å². The molecule has 0 amide bonds. The molecule has 90 heavy (non-hydrogen) atoms. The summed E-state index contributed by atoms with van der Waals surface area (Å²) in [6.07, 6.45) is 51.7. The van der Waals surface area contributed by atoms with E-state index in [2.05, 4.69) is 34.6 Å². The van der Waals surface area contributed by atoms with Gasteiger partial charge in [0.2, 0.25) is 0 Å². The molecule has 0 saturated heterocycles. The molecule has 0 aromatic rings. The molecule has 0 rings (SSSR count). The second-order valence-electron chi connectivity index (χ2n) is 26.1. The van der Waals surface area contributed by atoms with Crippen LogP contribution in [0.1, 0.15) is 369 Å². The van der Waals surface area contributed by atoms with Gasteiger partial charge in [0.1, 0.15) is 19.3 Å². The average Bonchev–Trinajstić information content (AvgIpc) is 3.70. The van der Waals surface area contributed by atoms with Crippen molar-refractivity contribution in [1.82, 2.24) is 0 Å². The molecule has 0 heterocycles. The molecule has 3 N–H and O–H groups in total. The van der Waals surface area contributed by atoms with Crippen LogP contribution < -0.4 is 0 Å². The van der Waals surface area contributed by atoms with Gasteiger partial charge in [-0.1, -0.05) is 317 Å². The predicted molar refractivity (Wildman–Crippen MR) is 363 cm³/mol. The molecule has 0 aromatic carbocycles. The Morgan fingerprint density at radius 1 is 0.300 bits per heavy atom. The zero-order valence-electron chi connectivity index (χ0n) is 58.3. The number of ether oxygens (including phenoxy) is 4. The second-order valence-corrected chi connectivity index (χ2v) is 29.0. The Bertz CT molecular complexity index is 1740. The first-order valence-corrected chi connectivity index (χ1v) is 40.1. The highest BCUT2D eigenvalue weighted by atomic mass is 31.2. The fourth-order valence-electron chi connectivity index (χ4n) is 10.8. The summed E-state index contributed by atoms with van der Waals surface area (Å²) in [7, 11) is -9.89. The van der Waals surface area contributed by atoms with Gasteiger partial charge in [-0.05, 0) is 31.6 Å². The van der Waals surface area contributed by atoms with Gasteiger partial charge in [0.05, 0.1) is 26.4 Å². The number of carbonyl (C=O) groups excluding carboxylic acids is 4. The monoisotopic (exact) mass is 1320 g/mol. The number of unbranched alkanes of at least 4 members (excludes halogenated alkanes) is 43. The molecule has 0 aromatic heterocycles. The summed E-state index contributed by atoms with van der Waals surface area (Å²) in [6.45, 7) is 7.14. The minimum Gasteiger partial charge on any atom is -0.462 e. The summed E-state index contributed by atoms with van der Waals surface area (Å²) in [5.41, 5.74) is 0. The average molecular weight is 1330 g/mol. The van der Waals surface area contributed by atoms with Crippen LogP contribution in [0, 0.1) is 5.92 Å². The molecule has 534 valence electrons. The number of aliphatic hydroxyl groups excluding tert-OH is 1. The van der Waals surface area contributed by atoms with Crippen LogP contribution in [0.15, 0.2) is 0 Å². The first kappa shape index (κ1) is 88.1. The maximum absolute atomic E-state index is 13.0. The van der Waals surface area contributed by atoms with Crippen LogP contribution in [-0.2, 0) is 65.4 Å². The minimum absolute atomic E-state index is 0.103. The lowest BCUT2D eigenvalue weighted by Crippen LogP contribution is -2.30. The summed E-state index contributed by atoms with van der Waals surface area (Å²) in [5.74, 6) is -1.43. The van der Waals surface area contributed by atoms with Crippen molar-refractivity contribution in [2.24, 2.45) is 5.92 Å². The molecule has 0 aliphatic carbocycles. The Kier molecular flexibility index (Phi) is 63.0. The molecule has 0 bridgehead atoms. The van der Waals surface area contributed by atoms with E-state index >= 15 is 0 Å². The number of phosphoric ester groups is 2. The molecule has 19 heteroatoms. The molecular weight excluding hydrogens is 1190 g/mol. The van der Waals surface area contributed by atoms with E-state index in [4.69, 9.17) is 37.0 Å². The molecule has 0 aliphatic rings. The largest absolute Gasteiger partial charge is 0.472 e. The Hall–Kier alpha value is -1.94. The smallest absolute Gasteiger partial charge is 0.462 e. The molecule has 0 aliphatic heterocycles. The molecule has 0 fully saturated rings. The lowest BCUT2D eigenvalue weighted by atomic mass is 10.0. The fourth-order valence-corrected chi connectivity index (χ4v) is 12.4. The number of phosphoric acid groups is 2. The highest BCUT2D eigenvalue weighted by Gasteiger charge is 2.30. The maximum Gasteiger partial charge on any atom is 0.472 e. The lowest BCUT2D eigenvalue weighted by molar-refractivity contribution is -0.161. The molecular formula is C71H138O17P2. The van der Waals surface area contributed by atoms with E-state index in [1.54, 1.807) is 0 Å². The summed E-state index contributed by atoms with van der Waals surface area (Å²) in [4.78, 5) is 72.4. The van der Waals surface area contributed by atoms with Crippen molar-refractivity contribution in [2.75, 3.05) is 39.6 Å². The SMILES string of the molecule is CCCCCCCCCCCCCCCCCCCCCCCC(=O)O[C@H](COC(=O)CCCCCCCCCCCCCC)COP(=O)(O)OC[C@@H](O)COP(=O)(O)OC[C@@H](COC(=O)CCCCCCCCC)OC(=O)CCCCCCCCCC(C)C. The van der Waals surface area contributed by atoms with Crippen LogP contribution in [0.5, 0.6) is 0 Å². The van der Waals surface area contributed by atoms with Crippen molar-refractivity contribution < 1.29 is 80.2 Å². The highest BCUT2D eigenvalue weighted by molar-refractivity contribution is 7.47. The topological polar surface area (TPSA) is 237 Å². The first-order chi connectivity index (χ1) is 43.5. The van der Waals surface area contributed by atoms with Gasteiger partial charge in [-0.3, -0.25) is 37.3 Å². The third-order valence-corrected chi connectivity index (χ3v) is 18.4. The first-order valence-electron chi connectivity index (χ1n) is 37.1. The molecule has 0 radical (unpaired) electrons. The van der Waals surface area contributed by atoms with Crippen molar-refractivity contribution in [1.29, 1.82) is 0 Å². The fraction of sp³-hybridized carbons (Fsp3) is 0.944. The number of esters is 4. The number of rotatable bonds is 71. The van der Waals surface area contributed by atoms with E-state index in [1.165, 1.54) is 180 Å². The third-order valence-electron chi connectivity index (χ3n) is 16.5. The number of carbonyl (C=O) groups is 4. The maximum atomic E-state index is 13.0. The van der Waals surface area contributed by atoms with E-state index in [0.717, 1.165) is 103 Å². The molecule has 17 nitrogen and oxygen atoms in total. The molecule has 5 atom stereocenters. The quantitative estimate of drug-likeness (QED) is 0.0222. The number of hydrogen-bond acceptors (Lipinski definition) is 15. The van der Waals surface area contributed by atoms with Gasteiger partial charge in [0.25, 0.3) is 0 Å². The molecule has 2 unspecified atom stereocenters. The van der Waals surface area contributed by atoms with Crippen LogP contribution in [0.3, 0.4) is 0 Å². The Labute approximate surface area is 549 Å². The normalized spacial score (nSPS) is 14.1. The molecule has 0 saturated carbocycles. The second kappa shape index (κ2) is 64.4. The van der Waals surface area contributed by atoms with E-state index < -0.39 is 97.5 Å². The zero-order valence-corrected chi connectivity index (χ0v) is 60.1. The minimum atomic E-state index is -4.95. The van der Waals surface area contributed by atoms with Gasteiger partial charge < -0.3 is 33.8 Å². The van der Waals surface area contributed by atoms with Crippen LogP contribution in [0.4, 0.5) is 0 Å². The number of aliphatic hydroxyl groups is 1. The van der Waals surface area contributed by atoms with Gasteiger partial charge in [-0.15, -0.1) is 0 Å². The Morgan fingerprint density at radius 3 is 0.756 bits per heavy atom. The Balaban J connectivity index is 5.13. The van der Waals surface area contributed by atoms with E-state index in [0.29, 0.717) is 31.6 Å². The van der Waals surface area contributed by atoms with Crippen LogP contribution in [0.25, 0.3) is 0 Å². The van der Waals surface area contributed by atoms with Crippen LogP contribution >= 0.6 is 15.6 Å². The van der Waals surface area contributed by atoms with E-state index in [-0.39, 0.29) is 25.7 Å².